The summed E-state index contributed by atoms with van der Waals surface area (Å²) >= 11 is 0. The van der Waals surface area contributed by atoms with Gasteiger partial charge >= 0.3 is 0 Å². The van der Waals surface area contributed by atoms with E-state index in [9.17, 15) is 0 Å². The number of nitrogen functional groups attached to an aromatic ring is 1. The van der Waals surface area contributed by atoms with Crippen LogP contribution in [0.4, 0.5) is 11.5 Å². The van der Waals surface area contributed by atoms with Crippen LogP contribution >= 0.6 is 0 Å². The maximum atomic E-state index is 5.82. The van der Waals surface area contributed by atoms with Crippen LogP contribution in [-0.2, 0) is 0 Å². The lowest BCUT2D eigenvalue weighted by molar-refractivity contribution is 0.232. The molecule has 1 aliphatic rings. The van der Waals surface area contributed by atoms with Gasteiger partial charge in [-0.3, -0.25) is 4.90 Å². The predicted molar refractivity (Wildman–Crippen MR) is 76.9 cm³/mol. The zero-order valence-corrected chi connectivity index (χ0v) is 11.7. The highest BCUT2D eigenvalue weighted by Crippen LogP contribution is 2.23. The van der Waals surface area contributed by atoms with Crippen LogP contribution in [0.3, 0.4) is 0 Å². The molecule has 0 radical (unpaired) electrons. The van der Waals surface area contributed by atoms with Gasteiger partial charge in [-0.15, -0.1) is 0 Å². The Hall–Kier alpha value is -1.29. The van der Waals surface area contributed by atoms with Crippen LogP contribution < -0.4 is 10.6 Å². The van der Waals surface area contributed by atoms with Crippen molar-refractivity contribution in [2.75, 3.05) is 36.8 Å². The van der Waals surface area contributed by atoms with E-state index < -0.39 is 0 Å². The average molecular weight is 248 g/mol. The molecule has 100 valence electrons. The lowest BCUT2D eigenvalue weighted by atomic mass is 10.2. The van der Waals surface area contributed by atoms with Gasteiger partial charge in [0.2, 0.25) is 0 Å². The molecular formula is C14H24N4. The average Bonchev–Trinajstić information content (AvgIpc) is 2.84. The van der Waals surface area contributed by atoms with Crippen molar-refractivity contribution < 1.29 is 0 Å². The third-order valence-corrected chi connectivity index (χ3v) is 3.93. The van der Waals surface area contributed by atoms with E-state index in [0.717, 1.165) is 43.4 Å². The highest BCUT2D eigenvalue weighted by molar-refractivity contribution is 5.51. The zero-order chi connectivity index (χ0) is 13.1. The van der Waals surface area contributed by atoms with Crippen molar-refractivity contribution >= 4 is 11.5 Å². The summed E-state index contributed by atoms with van der Waals surface area (Å²) in [6.45, 7) is 10.9. The number of hydrogen-bond acceptors (Lipinski definition) is 4. The second-order valence-corrected chi connectivity index (χ2v) is 4.95. The van der Waals surface area contributed by atoms with Crippen molar-refractivity contribution in [3.05, 3.63) is 17.8 Å². The van der Waals surface area contributed by atoms with E-state index in [1.165, 1.54) is 6.42 Å². The molecule has 1 saturated heterocycles. The van der Waals surface area contributed by atoms with E-state index >= 15 is 0 Å². The summed E-state index contributed by atoms with van der Waals surface area (Å²) in [6.07, 6.45) is 1.23. The molecule has 2 N–H and O–H groups in total. The standard InChI is InChI=1S/C14H24N4/c1-4-17(5-2)12-8-9-18(10-12)14-7-6-13(15)11(3)16-14/h6-7,12H,4-5,8-10,15H2,1-3H3. The van der Waals surface area contributed by atoms with Gasteiger partial charge in [0.1, 0.15) is 5.82 Å². The molecule has 1 atom stereocenters. The predicted octanol–water partition coefficient (Wildman–Crippen LogP) is 1.89. The third kappa shape index (κ3) is 2.58. The van der Waals surface area contributed by atoms with E-state index in [1.807, 2.05) is 19.1 Å². The molecule has 0 amide bonds. The van der Waals surface area contributed by atoms with Crippen LogP contribution in [-0.4, -0.2) is 42.1 Å². The first-order chi connectivity index (χ1) is 8.65. The summed E-state index contributed by atoms with van der Waals surface area (Å²) in [7, 11) is 0. The first kappa shape index (κ1) is 13.1. The highest BCUT2D eigenvalue weighted by Gasteiger charge is 2.26. The Morgan fingerprint density at radius 3 is 2.72 bits per heavy atom. The molecule has 0 bridgehead atoms. The van der Waals surface area contributed by atoms with Gasteiger partial charge in [-0.05, 0) is 38.6 Å². The Bertz CT molecular complexity index is 401. The van der Waals surface area contributed by atoms with Crippen molar-refractivity contribution in [1.82, 2.24) is 9.88 Å². The van der Waals surface area contributed by atoms with Gasteiger partial charge in [-0.25, -0.2) is 4.98 Å². The Kier molecular flexibility index (Phi) is 4.07. The molecule has 0 saturated carbocycles. The number of aromatic nitrogens is 1. The number of aryl methyl sites for hydroxylation is 1. The van der Waals surface area contributed by atoms with Gasteiger partial charge in [0.05, 0.1) is 11.4 Å². The summed E-state index contributed by atoms with van der Waals surface area (Å²) < 4.78 is 0. The fourth-order valence-electron chi connectivity index (χ4n) is 2.72. The maximum Gasteiger partial charge on any atom is 0.129 e. The normalized spacial score (nSPS) is 19.8. The summed E-state index contributed by atoms with van der Waals surface area (Å²) in [4.78, 5) is 9.48. The minimum atomic E-state index is 0.666. The van der Waals surface area contributed by atoms with Crippen molar-refractivity contribution in [1.29, 1.82) is 0 Å². The number of anilines is 2. The highest BCUT2D eigenvalue weighted by atomic mass is 15.3. The molecule has 0 aromatic carbocycles. The molecule has 1 aromatic rings. The summed E-state index contributed by atoms with van der Waals surface area (Å²) in [6, 6.07) is 4.66. The molecule has 1 aromatic heterocycles. The van der Waals surface area contributed by atoms with Crippen LogP contribution in [0.1, 0.15) is 26.0 Å². The Balaban J connectivity index is 2.06. The second-order valence-electron chi connectivity index (χ2n) is 4.95. The number of likely N-dealkylation sites (N-methyl/N-ethyl adjacent to an activating group) is 1. The fourth-order valence-corrected chi connectivity index (χ4v) is 2.72. The molecular weight excluding hydrogens is 224 g/mol. The summed E-state index contributed by atoms with van der Waals surface area (Å²) in [5, 5.41) is 0. The van der Waals surface area contributed by atoms with E-state index in [2.05, 4.69) is 28.6 Å². The summed E-state index contributed by atoms with van der Waals surface area (Å²) in [5.74, 6) is 1.07. The van der Waals surface area contributed by atoms with Gasteiger partial charge in [-0.1, -0.05) is 13.8 Å². The molecule has 2 rings (SSSR count). The first-order valence-electron chi connectivity index (χ1n) is 6.87. The maximum absolute atomic E-state index is 5.82. The van der Waals surface area contributed by atoms with E-state index in [-0.39, 0.29) is 0 Å². The molecule has 4 heteroatoms. The van der Waals surface area contributed by atoms with Crippen LogP contribution in [0.2, 0.25) is 0 Å². The van der Waals surface area contributed by atoms with Crippen molar-refractivity contribution in [3.8, 4) is 0 Å². The largest absolute Gasteiger partial charge is 0.397 e. The van der Waals surface area contributed by atoms with Gasteiger partial charge in [0.25, 0.3) is 0 Å². The zero-order valence-electron chi connectivity index (χ0n) is 11.7. The SMILES string of the molecule is CCN(CC)C1CCN(c2ccc(N)c(C)n2)C1. The van der Waals surface area contributed by atoms with E-state index in [1.54, 1.807) is 0 Å². The van der Waals surface area contributed by atoms with Crippen LogP contribution in [0, 0.1) is 6.92 Å². The second kappa shape index (κ2) is 5.57. The molecule has 0 spiro atoms. The summed E-state index contributed by atoms with van der Waals surface area (Å²) in [5.41, 5.74) is 7.52. The van der Waals surface area contributed by atoms with E-state index in [4.69, 9.17) is 5.73 Å². The minimum Gasteiger partial charge on any atom is -0.397 e. The smallest absolute Gasteiger partial charge is 0.129 e. The number of rotatable bonds is 4. The van der Waals surface area contributed by atoms with Crippen LogP contribution in [0.15, 0.2) is 12.1 Å². The van der Waals surface area contributed by atoms with Gasteiger partial charge in [0, 0.05) is 19.1 Å². The van der Waals surface area contributed by atoms with Crippen LogP contribution in [0.5, 0.6) is 0 Å². The molecule has 2 heterocycles. The minimum absolute atomic E-state index is 0.666. The van der Waals surface area contributed by atoms with Crippen LogP contribution in [0.25, 0.3) is 0 Å². The molecule has 1 unspecified atom stereocenters. The van der Waals surface area contributed by atoms with E-state index in [0.29, 0.717) is 6.04 Å². The lowest BCUT2D eigenvalue weighted by Crippen LogP contribution is -2.37. The third-order valence-electron chi connectivity index (χ3n) is 3.93. The molecule has 1 aliphatic heterocycles. The molecule has 0 aliphatic carbocycles. The Morgan fingerprint density at radius 1 is 1.39 bits per heavy atom. The van der Waals surface area contributed by atoms with Crippen molar-refractivity contribution in [2.24, 2.45) is 0 Å². The van der Waals surface area contributed by atoms with Crippen molar-refractivity contribution in [2.45, 2.75) is 33.2 Å². The lowest BCUT2D eigenvalue weighted by Gasteiger charge is -2.26. The Labute approximate surface area is 110 Å². The number of nitrogens with two attached hydrogens (primary N) is 1. The number of hydrogen-bond donors (Lipinski definition) is 1. The molecule has 4 nitrogen and oxygen atoms in total. The van der Waals surface area contributed by atoms with Gasteiger partial charge in [-0.2, -0.15) is 0 Å². The fraction of sp³-hybridized carbons (Fsp3) is 0.643. The molecule has 1 fully saturated rings. The molecule has 18 heavy (non-hydrogen) atoms. The quantitative estimate of drug-likeness (QED) is 0.884. The van der Waals surface area contributed by atoms with Gasteiger partial charge in [0.15, 0.2) is 0 Å². The van der Waals surface area contributed by atoms with Gasteiger partial charge < -0.3 is 10.6 Å². The topological polar surface area (TPSA) is 45.4 Å². The number of nitrogens with zero attached hydrogens (tertiary/aromatic N) is 3. The first-order valence-corrected chi connectivity index (χ1v) is 6.87. The Morgan fingerprint density at radius 2 is 2.11 bits per heavy atom. The van der Waals surface area contributed by atoms with Crippen molar-refractivity contribution in [3.63, 3.8) is 0 Å². The number of pyridine rings is 1. The monoisotopic (exact) mass is 248 g/mol.